The lowest BCUT2D eigenvalue weighted by Crippen LogP contribution is -2.56. The zero-order valence-corrected chi connectivity index (χ0v) is 15.4. The quantitative estimate of drug-likeness (QED) is 0.272. The maximum atomic E-state index is 12.4. The van der Waals surface area contributed by atoms with E-state index in [4.69, 9.17) is 15.9 Å². The van der Waals surface area contributed by atoms with Crippen LogP contribution in [0.1, 0.15) is 25.3 Å². The third kappa shape index (κ3) is 7.72. The highest BCUT2D eigenvalue weighted by Crippen LogP contribution is 2.05. The number of hydrogen-bond acceptors (Lipinski definition) is 6. The van der Waals surface area contributed by atoms with E-state index in [2.05, 4.69) is 10.6 Å². The molecule has 10 heteroatoms. The van der Waals surface area contributed by atoms with Crippen molar-refractivity contribution in [2.75, 3.05) is 0 Å². The molecule has 0 unspecified atom stereocenters. The van der Waals surface area contributed by atoms with E-state index in [0.717, 1.165) is 5.56 Å². The van der Waals surface area contributed by atoms with Gasteiger partial charge in [0, 0.05) is 6.42 Å². The number of amides is 2. The largest absolute Gasteiger partial charge is 0.481 e. The summed E-state index contributed by atoms with van der Waals surface area (Å²) in [4.78, 5) is 46.6. The molecule has 10 nitrogen and oxygen atoms in total. The standard InChI is InChI=1S/C18H25N3O7/c1-10(22)15(18(27)28)21-17(26)13(7-8-14(23)24)20-16(25)12(19)9-11-5-3-2-4-6-11/h2-6,10,12-13,15,22H,7-9,19H2,1H3,(H,20,25)(H,21,26)(H,23,24)(H,27,28)/t10-,12+,13+,15+/m1/s1. The minimum absolute atomic E-state index is 0.200. The molecule has 7 N–H and O–H groups in total. The fourth-order valence-electron chi connectivity index (χ4n) is 2.42. The summed E-state index contributed by atoms with van der Waals surface area (Å²) < 4.78 is 0. The highest BCUT2D eigenvalue weighted by Gasteiger charge is 2.30. The van der Waals surface area contributed by atoms with Crippen LogP contribution in [0.3, 0.4) is 0 Å². The molecule has 0 aliphatic rings. The van der Waals surface area contributed by atoms with E-state index in [-0.39, 0.29) is 12.8 Å². The summed E-state index contributed by atoms with van der Waals surface area (Å²) in [7, 11) is 0. The third-order valence-corrected chi connectivity index (χ3v) is 3.96. The number of carboxylic acid groups (broad SMARTS) is 2. The number of carbonyl (C=O) groups excluding carboxylic acids is 2. The predicted octanol–water partition coefficient (Wildman–Crippen LogP) is -1.14. The molecule has 4 atom stereocenters. The summed E-state index contributed by atoms with van der Waals surface area (Å²) in [6.07, 6.45) is -1.89. The van der Waals surface area contributed by atoms with Gasteiger partial charge in [-0.2, -0.15) is 0 Å². The number of nitrogens with one attached hydrogen (secondary N) is 2. The topological polar surface area (TPSA) is 179 Å². The van der Waals surface area contributed by atoms with Crippen LogP contribution in [0.25, 0.3) is 0 Å². The number of benzene rings is 1. The van der Waals surface area contributed by atoms with Crippen LogP contribution < -0.4 is 16.4 Å². The van der Waals surface area contributed by atoms with E-state index in [1.807, 2.05) is 6.07 Å². The highest BCUT2D eigenvalue weighted by molar-refractivity contribution is 5.92. The van der Waals surface area contributed by atoms with Gasteiger partial charge in [-0.05, 0) is 25.3 Å². The van der Waals surface area contributed by atoms with Gasteiger partial charge < -0.3 is 31.7 Å². The van der Waals surface area contributed by atoms with Crippen molar-refractivity contribution in [2.45, 2.75) is 50.4 Å². The number of aliphatic hydroxyl groups is 1. The van der Waals surface area contributed by atoms with E-state index >= 15 is 0 Å². The highest BCUT2D eigenvalue weighted by atomic mass is 16.4. The van der Waals surface area contributed by atoms with Gasteiger partial charge in [0.2, 0.25) is 11.8 Å². The number of nitrogens with two attached hydrogens (primary N) is 1. The monoisotopic (exact) mass is 395 g/mol. The Morgan fingerprint density at radius 2 is 1.64 bits per heavy atom. The van der Waals surface area contributed by atoms with Crippen molar-refractivity contribution in [3.8, 4) is 0 Å². The van der Waals surface area contributed by atoms with Crippen LogP contribution in [0.4, 0.5) is 0 Å². The fourth-order valence-corrected chi connectivity index (χ4v) is 2.42. The van der Waals surface area contributed by atoms with Crippen LogP contribution in [0.5, 0.6) is 0 Å². The molecule has 0 bridgehead atoms. The molecule has 0 fully saturated rings. The second-order valence-corrected chi connectivity index (χ2v) is 6.35. The number of aliphatic hydroxyl groups excluding tert-OH is 1. The Morgan fingerprint density at radius 3 is 2.14 bits per heavy atom. The lowest BCUT2D eigenvalue weighted by atomic mass is 10.0. The zero-order valence-electron chi connectivity index (χ0n) is 15.4. The molecule has 0 aromatic heterocycles. The first-order chi connectivity index (χ1) is 13.1. The number of aliphatic carboxylic acids is 2. The molecule has 0 heterocycles. The summed E-state index contributed by atoms with van der Waals surface area (Å²) in [6.45, 7) is 1.18. The molecule has 2 amide bonds. The number of carbonyl (C=O) groups is 4. The minimum Gasteiger partial charge on any atom is -0.481 e. The van der Waals surface area contributed by atoms with E-state index < -0.39 is 54.4 Å². The summed E-state index contributed by atoms with van der Waals surface area (Å²) in [5, 5.41) is 31.8. The van der Waals surface area contributed by atoms with Gasteiger partial charge in [0.15, 0.2) is 6.04 Å². The van der Waals surface area contributed by atoms with Gasteiger partial charge in [0.1, 0.15) is 6.04 Å². The Labute approximate surface area is 161 Å². The van der Waals surface area contributed by atoms with E-state index in [1.54, 1.807) is 24.3 Å². The normalized spacial score (nSPS) is 15.0. The predicted molar refractivity (Wildman–Crippen MR) is 98.2 cm³/mol. The lowest BCUT2D eigenvalue weighted by Gasteiger charge is -2.23. The molecule has 28 heavy (non-hydrogen) atoms. The van der Waals surface area contributed by atoms with E-state index in [0.29, 0.717) is 0 Å². The van der Waals surface area contributed by atoms with Gasteiger partial charge >= 0.3 is 11.9 Å². The fraction of sp³-hybridized carbons (Fsp3) is 0.444. The number of hydrogen-bond donors (Lipinski definition) is 6. The number of rotatable bonds is 11. The second-order valence-electron chi connectivity index (χ2n) is 6.35. The molecule has 0 spiro atoms. The van der Waals surface area contributed by atoms with Crippen molar-refractivity contribution in [1.29, 1.82) is 0 Å². The van der Waals surface area contributed by atoms with E-state index in [9.17, 15) is 24.3 Å². The first-order valence-electron chi connectivity index (χ1n) is 8.64. The van der Waals surface area contributed by atoms with Crippen LogP contribution >= 0.6 is 0 Å². The van der Waals surface area contributed by atoms with Gasteiger partial charge in [0.25, 0.3) is 0 Å². The smallest absolute Gasteiger partial charge is 0.328 e. The Morgan fingerprint density at radius 1 is 1.04 bits per heavy atom. The Balaban J connectivity index is 2.81. The summed E-state index contributed by atoms with van der Waals surface area (Å²) in [5.41, 5.74) is 6.66. The Kier molecular flexibility index (Phi) is 9.06. The summed E-state index contributed by atoms with van der Waals surface area (Å²) in [5.74, 6) is -4.26. The molecule has 0 saturated heterocycles. The molecule has 154 valence electrons. The summed E-state index contributed by atoms with van der Waals surface area (Å²) in [6, 6.07) is 5.03. The summed E-state index contributed by atoms with van der Waals surface area (Å²) >= 11 is 0. The number of carboxylic acids is 2. The molecule has 0 aliphatic carbocycles. The van der Waals surface area contributed by atoms with Crippen LogP contribution in [0, 0.1) is 0 Å². The molecule has 1 rings (SSSR count). The van der Waals surface area contributed by atoms with Crippen molar-refractivity contribution in [2.24, 2.45) is 5.73 Å². The molecule has 0 aliphatic heterocycles. The van der Waals surface area contributed by atoms with Crippen LogP contribution in [0.2, 0.25) is 0 Å². The molecule has 1 aromatic rings. The Bertz CT molecular complexity index is 694. The second kappa shape index (κ2) is 11.0. The van der Waals surface area contributed by atoms with Crippen molar-refractivity contribution in [1.82, 2.24) is 10.6 Å². The lowest BCUT2D eigenvalue weighted by molar-refractivity contribution is -0.145. The van der Waals surface area contributed by atoms with Gasteiger partial charge in [-0.15, -0.1) is 0 Å². The van der Waals surface area contributed by atoms with Gasteiger partial charge in [-0.3, -0.25) is 14.4 Å². The van der Waals surface area contributed by atoms with Crippen molar-refractivity contribution in [3.63, 3.8) is 0 Å². The van der Waals surface area contributed by atoms with Gasteiger partial charge in [-0.25, -0.2) is 4.79 Å². The molecular formula is C18H25N3O7. The first-order valence-corrected chi connectivity index (χ1v) is 8.64. The molecule has 0 radical (unpaired) electrons. The average Bonchev–Trinajstić information content (AvgIpc) is 2.62. The molecule has 1 aromatic carbocycles. The first kappa shape index (κ1) is 23.1. The Hall–Kier alpha value is -2.98. The van der Waals surface area contributed by atoms with Crippen molar-refractivity contribution in [3.05, 3.63) is 35.9 Å². The van der Waals surface area contributed by atoms with Crippen molar-refractivity contribution >= 4 is 23.8 Å². The molecule has 0 saturated carbocycles. The van der Waals surface area contributed by atoms with Crippen LogP contribution in [0.15, 0.2) is 30.3 Å². The average molecular weight is 395 g/mol. The zero-order chi connectivity index (χ0) is 21.3. The third-order valence-electron chi connectivity index (χ3n) is 3.96. The SMILES string of the molecule is C[C@@H](O)[C@H](NC(=O)[C@H](CCC(=O)O)NC(=O)[C@@H](N)Cc1ccccc1)C(=O)O. The van der Waals surface area contributed by atoms with E-state index in [1.165, 1.54) is 6.92 Å². The van der Waals surface area contributed by atoms with Crippen molar-refractivity contribution < 1.29 is 34.5 Å². The van der Waals surface area contributed by atoms with Gasteiger partial charge in [0.05, 0.1) is 12.1 Å². The maximum absolute atomic E-state index is 12.4. The van der Waals surface area contributed by atoms with Crippen LogP contribution in [-0.4, -0.2) is 63.3 Å². The molecular weight excluding hydrogens is 370 g/mol. The minimum atomic E-state index is -1.60. The maximum Gasteiger partial charge on any atom is 0.328 e. The van der Waals surface area contributed by atoms with Gasteiger partial charge in [-0.1, -0.05) is 30.3 Å². The van der Waals surface area contributed by atoms with Crippen LogP contribution in [-0.2, 0) is 25.6 Å².